The van der Waals surface area contributed by atoms with Gasteiger partial charge in [0, 0.05) is 62.6 Å². The Bertz CT molecular complexity index is 550. The van der Waals surface area contributed by atoms with E-state index in [0.717, 1.165) is 58.5 Å². The number of alkyl halides is 5. The van der Waals surface area contributed by atoms with E-state index >= 15 is 0 Å². The fourth-order valence-electron chi connectivity index (χ4n) is 6.10. The summed E-state index contributed by atoms with van der Waals surface area (Å²) in [4.78, 5) is 4.71. The molecule has 0 amide bonds. The summed E-state index contributed by atoms with van der Waals surface area (Å²) in [6.45, 7) is 5.37. The third-order valence-electron chi connectivity index (χ3n) is 7.92. The molecule has 0 bridgehead atoms. The molecular weight excluding hydrogens is 420 g/mol. The highest BCUT2D eigenvalue weighted by molar-refractivity contribution is 6.20. The molecule has 0 spiro atoms. The van der Waals surface area contributed by atoms with Crippen molar-refractivity contribution in [2.45, 2.75) is 74.8 Å². The van der Waals surface area contributed by atoms with E-state index in [-0.39, 0.29) is 12.5 Å². The average Bonchev–Trinajstić information content (AvgIpc) is 3.17. The van der Waals surface area contributed by atoms with Gasteiger partial charge in [0.2, 0.25) is 0 Å². The van der Waals surface area contributed by atoms with E-state index in [1.807, 2.05) is 0 Å². The van der Waals surface area contributed by atoms with Gasteiger partial charge in [-0.1, -0.05) is 0 Å². The molecule has 9 heteroatoms. The highest BCUT2D eigenvalue weighted by Gasteiger charge is 2.48. The predicted octanol–water partition coefficient (Wildman–Crippen LogP) is 3.56. The van der Waals surface area contributed by atoms with Crippen molar-refractivity contribution in [1.82, 2.24) is 20.7 Å². The molecule has 4 fully saturated rings. The Morgan fingerprint density at radius 1 is 0.933 bits per heavy atom. The minimum absolute atomic E-state index is 0.00720. The molecule has 5 unspecified atom stereocenters. The van der Waals surface area contributed by atoms with Gasteiger partial charge in [-0.15, -0.1) is 11.6 Å². The molecule has 4 nitrogen and oxygen atoms in total. The number of piperazine rings is 1. The van der Waals surface area contributed by atoms with Crippen LogP contribution in [-0.2, 0) is 0 Å². The lowest BCUT2D eigenvalue weighted by Crippen LogP contribution is -2.54. The van der Waals surface area contributed by atoms with E-state index in [0.29, 0.717) is 37.1 Å². The zero-order valence-electron chi connectivity index (χ0n) is 17.5. The van der Waals surface area contributed by atoms with Gasteiger partial charge in [0.05, 0.1) is 5.92 Å². The average molecular weight is 455 g/mol. The Kier molecular flexibility index (Phi) is 7.50. The summed E-state index contributed by atoms with van der Waals surface area (Å²) in [5, 5.41) is -0.783. The standard InChI is InChI=1S/C21H35ClF4N4/c22-19-6-5-17(11-18(19)21(24,25)26)30-9-7-29(8-10-30)13-15-12-27-28-20(15)14-1-3-16(23)4-2-14/h14-20,27-28H,1-13H2. The number of nitrogens with one attached hydrogen (secondary N) is 2. The summed E-state index contributed by atoms with van der Waals surface area (Å²) >= 11 is 6.00. The lowest BCUT2D eigenvalue weighted by molar-refractivity contribution is -0.185. The summed E-state index contributed by atoms with van der Waals surface area (Å²) in [5.74, 6) is -0.353. The maximum Gasteiger partial charge on any atom is 0.393 e. The molecule has 4 aliphatic rings. The second-order valence-corrected chi connectivity index (χ2v) is 10.4. The van der Waals surface area contributed by atoms with Gasteiger partial charge >= 0.3 is 6.18 Å². The molecule has 2 heterocycles. The quantitative estimate of drug-likeness (QED) is 0.502. The SMILES string of the molecule is FC1CCC(C2NNCC2CN2CCN(C3CCC(Cl)C(C(F)(F)F)C3)CC2)CC1. The van der Waals surface area contributed by atoms with Crippen molar-refractivity contribution >= 4 is 11.6 Å². The number of rotatable bonds is 4. The van der Waals surface area contributed by atoms with Gasteiger partial charge in [-0.2, -0.15) is 13.2 Å². The first kappa shape index (κ1) is 23.0. The van der Waals surface area contributed by atoms with Crippen molar-refractivity contribution in [3.8, 4) is 0 Å². The molecule has 2 aliphatic carbocycles. The first-order valence-corrected chi connectivity index (χ1v) is 12.0. The zero-order valence-corrected chi connectivity index (χ0v) is 18.3. The Hall–Kier alpha value is -0.150. The normalized spacial score (nSPS) is 42.5. The highest BCUT2D eigenvalue weighted by Crippen LogP contribution is 2.42. The summed E-state index contributed by atoms with van der Waals surface area (Å²) in [7, 11) is 0. The number of hydrogen-bond donors (Lipinski definition) is 2. The fourth-order valence-corrected chi connectivity index (χ4v) is 6.47. The number of hydrogen-bond acceptors (Lipinski definition) is 4. The largest absolute Gasteiger partial charge is 0.393 e. The fraction of sp³-hybridized carbons (Fsp3) is 1.00. The lowest BCUT2D eigenvalue weighted by Gasteiger charge is -2.44. The molecule has 2 N–H and O–H groups in total. The molecule has 30 heavy (non-hydrogen) atoms. The molecule has 2 saturated heterocycles. The number of nitrogens with zero attached hydrogens (tertiary/aromatic N) is 2. The van der Waals surface area contributed by atoms with Crippen LogP contribution in [0.3, 0.4) is 0 Å². The molecular formula is C21H35ClF4N4. The maximum absolute atomic E-state index is 13.5. The monoisotopic (exact) mass is 454 g/mol. The summed E-state index contributed by atoms with van der Waals surface area (Å²) < 4.78 is 53.4. The van der Waals surface area contributed by atoms with Gasteiger partial charge < -0.3 is 4.90 Å². The second kappa shape index (κ2) is 9.77. The Balaban J connectivity index is 1.25. The lowest BCUT2D eigenvalue weighted by atomic mass is 9.79. The molecule has 0 radical (unpaired) electrons. The van der Waals surface area contributed by atoms with Crippen LogP contribution >= 0.6 is 11.6 Å². The van der Waals surface area contributed by atoms with Crippen LogP contribution in [0.5, 0.6) is 0 Å². The van der Waals surface area contributed by atoms with Gasteiger partial charge in [-0.25, -0.2) is 4.39 Å². The van der Waals surface area contributed by atoms with Crippen LogP contribution in [0.4, 0.5) is 17.6 Å². The van der Waals surface area contributed by atoms with Crippen LogP contribution in [0.2, 0.25) is 0 Å². The molecule has 5 atom stereocenters. The van der Waals surface area contributed by atoms with Gasteiger partial charge in [-0.05, 0) is 50.9 Å². The van der Waals surface area contributed by atoms with E-state index in [1.165, 1.54) is 0 Å². The topological polar surface area (TPSA) is 30.5 Å². The van der Waals surface area contributed by atoms with E-state index in [1.54, 1.807) is 0 Å². The zero-order chi connectivity index (χ0) is 21.3. The maximum atomic E-state index is 13.5. The summed E-state index contributed by atoms with van der Waals surface area (Å²) in [6.07, 6.45) is -0.236. The van der Waals surface area contributed by atoms with E-state index in [2.05, 4.69) is 20.7 Å². The van der Waals surface area contributed by atoms with Crippen molar-refractivity contribution in [2.24, 2.45) is 17.8 Å². The third-order valence-corrected chi connectivity index (χ3v) is 8.45. The van der Waals surface area contributed by atoms with Crippen molar-refractivity contribution in [3.63, 3.8) is 0 Å². The van der Waals surface area contributed by atoms with E-state index in [9.17, 15) is 17.6 Å². The van der Waals surface area contributed by atoms with Crippen molar-refractivity contribution in [2.75, 3.05) is 39.3 Å². The molecule has 4 rings (SSSR count). The first-order valence-electron chi connectivity index (χ1n) is 11.6. The molecule has 0 aromatic rings. The van der Waals surface area contributed by atoms with Gasteiger partial charge in [0.25, 0.3) is 0 Å². The minimum Gasteiger partial charge on any atom is -0.300 e. The number of halogens is 5. The summed E-state index contributed by atoms with van der Waals surface area (Å²) in [5.41, 5.74) is 6.74. The van der Waals surface area contributed by atoms with Crippen LogP contribution in [0, 0.1) is 17.8 Å². The molecule has 174 valence electrons. The highest BCUT2D eigenvalue weighted by atomic mass is 35.5. The smallest absolute Gasteiger partial charge is 0.300 e. The Morgan fingerprint density at radius 2 is 1.63 bits per heavy atom. The van der Waals surface area contributed by atoms with Gasteiger partial charge in [0.1, 0.15) is 6.17 Å². The predicted molar refractivity (Wildman–Crippen MR) is 110 cm³/mol. The Labute approximate surface area is 182 Å². The second-order valence-electron chi connectivity index (χ2n) is 9.79. The van der Waals surface area contributed by atoms with Crippen LogP contribution in [0.15, 0.2) is 0 Å². The first-order chi connectivity index (χ1) is 14.3. The third kappa shape index (κ3) is 5.42. The van der Waals surface area contributed by atoms with E-state index in [4.69, 9.17) is 11.6 Å². The molecule has 0 aromatic heterocycles. The minimum atomic E-state index is -4.20. The molecule has 2 aliphatic heterocycles. The van der Waals surface area contributed by atoms with Crippen LogP contribution in [-0.4, -0.2) is 78.9 Å². The Morgan fingerprint density at radius 3 is 2.30 bits per heavy atom. The van der Waals surface area contributed by atoms with Crippen LogP contribution in [0.1, 0.15) is 44.9 Å². The van der Waals surface area contributed by atoms with Gasteiger partial charge in [-0.3, -0.25) is 15.8 Å². The van der Waals surface area contributed by atoms with E-state index < -0.39 is 23.6 Å². The summed E-state index contributed by atoms with van der Waals surface area (Å²) in [6, 6.07) is 0.384. The van der Waals surface area contributed by atoms with Crippen molar-refractivity contribution < 1.29 is 17.6 Å². The van der Waals surface area contributed by atoms with Crippen molar-refractivity contribution in [1.29, 1.82) is 0 Å². The van der Waals surface area contributed by atoms with Gasteiger partial charge in [0.15, 0.2) is 0 Å². The van der Waals surface area contributed by atoms with Crippen LogP contribution in [0.25, 0.3) is 0 Å². The van der Waals surface area contributed by atoms with Crippen LogP contribution < -0.4 is 10.9 Å². The van der Waals surface area contributed by atoms with Crippen molar-refractivity contribution in [3.05, 3.63) is 0 Å². The number of hydrazine groups is 1. The molecule has 2 saturated carbocycles. The molecule has 0 aromatic carbocycles.